The average molecular weight is 236 g/mol. The number of ether oxygens (including phenoxy) is 1. The molecule has 1 amide bonds. The summed E-state index contributed by atoms with van der Waals surface area (Å²) in [6, 6.07) is 2.11. The van der Waals surface area contributed by atoms with E-state index in [1.807, 2.05) is 0 Å². The lowest BCUT2D eigenvalue weighted by Gasteiger charge is -2.31. The van der Waals surface area contributed by atoms with Gasteiger partial charge in [-0.15, -0.1) is 0 Å². The summed E-state index contributed by atoms with van der Waals surface area (Å²) in [5, 5.41) is 8.96. The molecule has 1 saturated carbocycles. The number of nitriles is 1. The van der Waals surface area contributed by atoms with Crippen molar-refractivity contribution in [3.63, 3.8) is 0 Å². The molecule has 0 aromatic heterocycles. The highest BCUT2D eigenvalue weighted by atomic mass is 16.5. The number of nitrogens with zero attached hydrogens (tertiary/aromatic N) is 2. The van der Waals surface area contributed by atoms with Crippen molar-refractivity contribution in [2.45, 2.75) is 25.7 Å². The second-order valence-electron chi connectivity index (χ2n) is 4.78. The van der Waals surface area contributed by atoms with Gasteiger partial charge >= 0.3 is 5.97 Å². The molecule has 0 aromatic carbocycles. The number of piperidine rings is 1. The normalized spacial score (nSPS) is 22.7. The highest BCUT2D eigenvalue weighted by molar-refractivity contribution is 5.88. The zero-order valence-electron chi connectivity index (χ0n) is 9.94. The predicted octanol–water partition coefficient (Wildman–Crippen LogP) is 0.702. The van der Waals surface area contributed by atoms with Gasteiger partial charge in [0, 0.05) is 13.1 Å². The number of hydrogen-bond acceptors (Lipinski definition) is 4. The zero-order chi connectivity index (χ0) is 12.5. The van der Waals surface area contributed by atoms with Crippen LogP contribution in [0.4, 0.5) is 0 Å². The number of rotatable bonds is 2. The highest BCUT2D eigenvalue weighted by Gasteiger charge is 2.52. The van der Waals surface area contributed by atoms with Crippen LogP contribution in [0.1, 0.15) is 25.7 Å². The fourth-order valence-corrected chi connectivity index (χ4v) is 2.29. The molecule has 17 heavy (non-hydrogen) atoms. The summed E-state index contributed by atoms with van der Waals surface area (Å²) in [7, 11) is 1.38. The molecule has 2 rings (SSSR count). The number of amides is 1. The summed E-state index contributed by atoms with van der Waals surface area (Å²) in [5.74, 6) is -0.344. The summed E-state index contributed by atoms with van der Waals surface area (Å²) in [6.07, 6.45) is 2.64. The molecule has 5 heteroatoms. The summed E-state index contributed by atoms with van der Waals surface area (Å²) >= 11 is 0. The van der Waals surface area contributed by atoms with E-state index in [0.717, 1.165) is 0 Å². The first kappa shape index (κ1) is 11.9. The van der Waals surface area contributed by atoms with Crippen LogP contribution >= 0.6 is 0 Å². The molecule has 92 valence electrons. The molecular formula is C12H16N2O3. The van der Waals surface area contributed by atoms with Crippen molar-refractivity contribution in [2.75, 3.05) is 20.2 Å². The average Bonchev–Trinajstić information content (AvgIpc) is 3.18. The zero-order valence-corrected chi connectivity index (χ0v) is 9.94. The Balaban J connectivity index is 1.90. The molecule has 0 atom stereocenters. The van der Waals surface area contributed by atoms with E-state index in [4.69, 9.17) is 10.00 Å². The lowest BCUT2D eigenvalue weighted by atomic mass is 9.95. The lowest BCUT2D eigenvalue weighted by Crippen LogP contribution is -2.43. The first-order valence-electron chi connectivity index (χ1n) is 5.91. The number of carbonyl (C=O) groups is 2. The van der Waals surface area contributed by atoms with Gasteiger partial charge in [0.2, 0.25) is 5.91 Å². The van der Waals surface area contributed by atoms with Gasteiger partial charge in [0.25, 0.3) is 0 Å². The minimum Gasteiger partial charge on any atom is -0.469 e. The fraction of sp³-hybridized carbons (Fsp3) is 0.750. The number of carbonyl (C=O) groups excluding carboxylic acids is 2. The molecule has 0 aromatic rings. The van der Waals surface area contributed by atoms with E-state index >= 15 is 0 Å². The minimum absolute atomic E-state index is 0.0525. The van der Waals surface area contributed by atoms with E-state index < -0.39 is 5.41 Å². The molecule has 0 N–H and O–H groups in total. The maximum Gasteiger partial charge on any atom is 0.308 e. The molecule has 1 heterocycles. The first-order chi connectivity index (χ1) is 8.13. The monoisotopic (exact) mass is 236 g/mol. The molecule has 5 nitrogen and oxygen atoms in total. The van der Waals surface area contributed by atoms with Gasteiger partial charge < -0.3 is 9.64 Å². The summed E-state index contributed by atoms with van der Waals surface area (Å²) in [5.41, 5.74) is -0.738. The van der Waals surface area contributed by atoms with E-state index in [9.17, 15) is 9.59 Å². The van der Waals surface area contributed by atoms with Crippen LogP contribution in [-0.2, 0) is 14.3 Å². The molecule has 0 bridgehead atoms. The van der Waals surface area contributed by atoms with Crippen molar-refractivity contribution in [3.8, 4) is 6.07 Å². The largest absolute Gasteiger partial charge is 0.469 e. The highest BCUT2D eigenvalue weighted by Crippen LogP contribution is 2.46. The number of hydrogen-bond donors (Lipinski definition) is 0. The van der Waals surface area contributed by atoms with E-state index in [1.165, 1.54) is 7.11 Å². The molecule has 1 aliphatic heterocycles. The Morgan fingerprint density at radius 2 is 1.94 bits per heavy atom. The van der Waals surface area contributed by atoms with Crippen LogP contribution in [0, 0.1) is 22.7 Å². The van der Waals surface area contributed by atoms with Crippen molar-refractivity contribution in [1.82, 2.24) is 4.90 Å². The van der Waals surface area contributed by atoms with Crippen molar-refractivity contribution in [3.05, 3.63) is 0 Å². The smallest absolute Gasteiger partial charge is 0.308 e. The quantitative estimate of drug-likeness (QED) is 0.662. The molecule has 2 aliphatic rings. The van der Waals surface area contributed by atoms with E-state index in [2.05, 4.69) is 6.07 Å². The van der Waals surface area contributed by atoms with Crippen LogP contribution in [0.5, 0.6) is 0 Å². The third-order valence-electron chi connectivity index (χ3n) is 3.69. The van der Waals surface area contributed by atoms with Gasteiger partial charge in [-0.1, -0.05) is 0 Å². The standard InChI is InChI=1S/C12H16N2O3/c1-17-10(15)9-2-6-14(7-3-9)11(16)12(8-13)4-5-12/h9H,2-7H2,1H3. The molecule has 1 saturated heterocycles. The Kier molecular flexibility index (Phi) is 3.05. The Bertz CT molecular complexity index is 374. The lowest BCUT2D eigenvalue weighted by molar-refractivity contribution is -0.149. The van der Waals surface area contributed by atoms with Gasteiger partial charge in [0.15, 0.2) is 0 Å². The Morgan fingerprint density at radius 3 is 2.35 bits per heavy atom. The molecule has 2 fully saturated rings. The Hall–Kier alpha value is -1.57. The van der Waals surface area contributed by atoms with E-state index in [0.29, 0.717) is 38.8 Å². The van der Waals surface area contributed by atoms with Crippen molar-refractivity contribution >= 4 is 11.9 Å². The van der Waals surface area contributed by atoms with Crippen LogP contribution in [0.15, 0.2) is 0 Å². The number of likely N-dealkylation sites (tertiary alicyclic amines) is 1. The third-order valence-corrected chi connectivity index (χ3v) is 3.69. The second-order valence-corrected chi connectivity index (χ2v) is 4.78. The van der Waals surface area contributed by atoms with Crippen LogP contribution in [0.3, 0.4) is 0 Å². The predicted molar refractivity (Wildman–Crippen MR) is 58.6 cm³/mol. The van der Waals surface area contributed by atoms with Crippen LogP contribution < -0.4 is 0 Å². The summed E-state index contributed by atoms with van der Waals surface area (Å²) < 4.78 is 4.69. The van der Waals surface area contributed by atoms with Gasteiger partial charge in [-0.3, -0.25) is 9.59 Å². The first-order valence-corrected chi connectivity index (χ1v) is 5.91. The van der Waals surface area contributed by atoms with Gasteiger partial charge in [-0.25, -0.2) is 0 Å². The van der Waals surface area contributed by atoms with Gasteiger partial charge in [0.05, 0.1) is 19.1 Å². The van der Waals surface area contributed by atoms with Gasteiger partial charge in [0.1, 0.15) is 5.41 Å². The van der Waals surface area contributed by atoms with Crippen LogP contribution in [-0.4, -0.2) is 37.0 Å². The van der Waals surface area contributed by atoms with Crippen LogP contribution in [0.2, 0.25) is 0 Å². The van der Waals surface area contributed by atoms with E-state index in [-0.39, 0.29) is 17.8 Å². The maximum atomic E-state index is 12.0. The Labute approximate surface area is 100 Å². The summed E-state index contributed by atoms with van der Waals surface area (Å²) in [6.45, 7) is 1.12. The second kappa shape index (κ2) is 4.36. The minimum atomic E-state index is -0.738. The Morgan fingerprint density at radius 1 is 1.35 bits per heavy atom. The van der Waals surface area contributed by atoms with Gasteiger partial charge in [-0.05, 0) is 25.7 Å². The molecule has 1 aliphatic carbocycles. The number of methoxy groups -OCH3 is 1. The van der Waals surface area contributed by atoms with Gasteiger partial charge in [-0.2, -0.15) is 5.26 Å². The molecular weight excluding hydrogens is 220 g/mol. The van der Waals surface area contributed by atoms with E-state index in [1.54, 1.807) is 4.90 Å². The van der Waals surface area contributed by atoms with Crippen molar-refractivity contribution < 1.29 is 14.3 Å². The maximum absolute atomic E-state index is 12.0. The third kappa shape index (κ3) is 2.12. The van der Waals surface area contributed by atoms with Crippen LogP contribution in [0.25, 0.3) is 0 Å². The van der Waals surface area contributed by atoms with Crippen molar-refractivity contribution in [1.29, 1.82) is 5.26 Å². The molecule has 0 radical (unpaired) electrons. The van der Waals surface area contributed by atoms with Crippen molar-refractivity contribution in [2.24, 2.45) is 11.3 Å². The fourth-order valence-electron chi connectivity index (χ4n) is 2.29. The summed E-state index contributed by atoms with van der Waals surface area (Å²) in [4.78, 5) is 25.1. The molecule has 0 unspecified atom stereocenters. The number of esters is 1. The topological polar surface area (TPSA) is 70.4 Å². The SMILES string of the molecule is COC(=O)C1CCN(C(=O)C2(C#N)CC2)CC1. The molecule has 0 spiro atoms.